The Labute approximate surface area is 83.6 Å². The Hall–Kier alpha value is -0.220. The van der Waals surface area contributed by atoms with Crippen molar-refractivity contribution in [2.24, 2.45) is 0 Å². The van der Waals surface area contributed by atoms with E-state index < -0.39 is 0 Å². The molecule has 0 unspecified atom stereocenters. The molecule has 1 saturated heterocycles. The third-order valence-electron chi connectivity index (χ3n) is 2.16. The van der Waals surface area contributed by atoms with Crippen LogP contribution in [-0.4, -0.2) is 30.2 Å². The van der Waals surface area contributed by atoms with Gasteiger partial charge in [-0.15, -0.1) is 11.8 Å². The Morgan fingerprint density at radius 1 is 1.69 bits per heavy atom. The lowest BCUT2D eigenvalue weighted by molar-refractivity contribution is -0.142. The van der Waals surface area contributed by atoms with E-state index in [9.17, 15) is 4.79 Å². The Balaban J connectivity index is 2.23. The molecule has 76 valence electrons. The van der Waals surface area contributed by atoms with Gasteiger partial charge in [-0.3, -0.25) is 10.1 Å². The second kappa shape index (κ2) is 5.50. The summed E-state index contributed by atoms with van der Waals surface area (Å²) in [6.07, 6.45) is 3.58. The minimum Gasteiger partial charge on any atom is -0.468 e. The van der Waals surface area contributed by atoms with Crippen molar-refractivity contribution in [3.8, 4) is 0 Å². The molecule has 1 rings (SSSR count). The largest absolute Gasteiger partial charge is 0.468 e. The Morgan fingerprint density at radius 2 is 2.46 bits per heavy atom. The van der Waals surface area contributed by atoms with E-state index in [-0.39, 0.29) is 12.0 Å². The lowest BCUT2D eigenvalue weighted by atomic mass is 10.2. The molecule has 0 spiro atoms. The summed E-state index contributed by atoms with van der Waals surface area (Å²) in [7, 11) is 1.44. The Bertz CT molecular complexity index is 175. The zero-order valence-corrected chi connectivity index (χ0v) is 9.02. The number of hydrogen-bond acceptors (Lipinski definition) is 4. The number of methoxy groups -OCH3 is 1. The summed E-state index contributed by atoms with van der Waals surface area (Å²) in [6, 6.07) is -0.0862. The molecule has 2 atom stereocenters. The molecule has 1 fully saturated rings. The van der Waals surface area contributed by atoms with Crippen LogP contribution in [-0.2, 0) is 9.53 Å². The number of unbranched alkanes of at least 4 members (excludes halogenated alkanes) is 1. The maximum Gasteiger partial charge on any atom is 0.323 e. The highest BCUT2D eigenvalue weighted by Crippen LogP contribution is 2.23. The fourth-order valence-corrected chi connectivity index (χ4v) is 2.62. The molecule has 13 heavy (non-hydrogen) atoms. The molecule has 0 saturated carbocycles. The minimum absolute atomic E-state index is 0.0862. The van der Waals surface area contributed by atoms with Crippen molar-refractivity contribution < 1.29 is 9.53 Å². The second-order valence-corrected chi connectivity index (χ2v) is 4.44. The van der Waals surface area contributed by atoms with Gasteiger partial charge in [0.05, 0.1) is 12.5 Å². The van der Waals surface area contributed by atoms with Crippen LogP contribution < -0.4 is 5.32 Å². The third-order valence-corrected chi connectivity index (χ3v) is 3.46. The van der Waals surface area contributed by atoms with Crippen molar-refractivity contribution in [3.05, 3.63) is 0 Å². The minimum atomic E-state index is -0.133. The van der Waals surface area contributed by atoms with Gasteiger partial charge in [-0.1, -0.05) is 19.8 Å². The van der Waals surface area contributed by atoms with Gasteiger partial charge in [0.2, 0.25) is 0 Å². The van der Waals surface area contributed by atoms with Crippen LogP contribution in [0.1, 0.15) is 26.2 Å². The van der Waals surface area contributed by atoms with Crippen LogP contribution >= 0.6 is 11.8 Å². The van der Waals surface area contributed by atoms with Crippen LogP contribution in [0.2, 0.25) is 0 Å². The van der Waals surface area contributed by atoms with E-state index in [1.54, 1.807) is 0 Å². The maximum absolute atomic E-state index is 11.1. The van der Waals surface area contributed by atoms with Gasteiger partial charge in [0.25, 0.3) is 0 Å². The van der Waals surface area contributed by atoms with Crippen molar-refractivity contribution in [2.75, 3.05) is 12.9 Å². The zero-order chi connectivity index (χ0) is 9.68. The fourth-order valence-electron chi connectivity index (χ4n) is 1.37. The lowest BCUT2D eigenvalue weighted by Gasteiger charge is -2.10. The number of esters is 1. The summed E-state index contributed by atoms with van der Waals surface area (Å²) < 4.78 is 4.67. The van der Waals surface area contributed by atoms with Gasteiger partial charge >= 0.3 is 5.97 Å². The molecule has 0 aliphatic carbocycles. The fraction of sp³-hybridized carbons (Fsp3) is 0.889. The average molecular weight is 203 g/mol. The zero-order valence-electron chi connectivity index (χ0n) is 8.21. The molecule has 0 amide bonds. The number of thioether (sulfide) groups is 1. The summed E-state index contributed by atoms with van der Waals surface area (Å²) in [5.41, 5.74) is 0. The first-order valence-corrected chi connectivity index (χ1v) is 5.78. The van der Waals surface area contributed by atoms with Crippen LogP contribution in [0, 0.1) is 0 Å². The second-order valence-electron chi connectivity index (χ2n) is 3.21. The number of nitrogens with one attached hydrogen (secondary N) is 1. The van der Waals surface area contributed by atoms with Crippen LogP contribution in [0.25, 0.3) is 0 Å². The highest BCUT2D eigenvalue weighted by atomic mass is 32.2. The van der Waals surface area contributed by atoms with E-state index in [0.717, 1.165) is 12.2 Å². The first-order valence-electron chi connectivity index (χ1n) is 4.73. The van der Waals surface area contributed by atoms with Gasteiger partial charge in [0, 0.05) is 5.75 Å². The Kier molecular flexibility index (Phi) is 4.59. The van der Waals surface area contributed by atoms with Crippen molar-refractivity contribution in [2.45, 2.75) is 37.6 Å². The first-order chi connectivity index (χ1) is 6.27. The quantitative estimate of drug-likeness (QED) is 0.701. The van der Waals surface area contributed by atoms with Crippen molar-refractivity contribution in [3.63, 3.8) is 0 Å². The van der Waals surface area contributed by atoms with Gasteiger partial charge in [-0.25, -0.2) is 0 Å². The number of ether oxygens (including phenoxy) is 1. The van der Waals surface area contributed by atoms with Gasteiger partial charge < -0.3 is 4.74 Å². The first kappa shape index (κ1) is 10.9. The molecule has 0 aromatic carbocycles. The summed E-state index contributed by atoms with van der Waals surface area (Å²) in [5, 5.41) is 3.71. The average Bonchev–Trinajstić information content (AvgIpc) is 2.62. The normalized spacial score (nSPS) is 27.5. The molecule has 1 N–H and O–H groups in total. The molecule has 3 nitrogen and oxygen atoms in total. The van der Waals surface area contributed by atoms with E-state index in [0.29, 0.717) is 5.37 Å². The van der Waals surface area contributed by atoms with Crippen LogP contribution in [0.5, 0.6) is 0 Å². The van der Waals surface area contributed by atoms with Crippen LogP contribution in [0.15, 0.2) is 0 Å². The summed E-state index contributed by atoms with van der Waals surface area (Å²) in [4.78, 5) is 11.1. The van der Waals surface area contributed by atoms with Crippen LogP contribution in [0.4, 0.5) is 0 Å². The van der Waals surface area contributed by atoms with Crippen molar-refractivity contribution in [1.82, 2.24) is 5.32 Å². The smallest absolute Gasteiger partial charge is 0.323 e. The van der Waals surface area contributed by atoms with E-state index in [2.05, 4.69) is 17.0 Å². The molecule has 0 aromatic rings. The standard InChI is InChI=1S/C9H17NO2S/c1-3-4-5-8-10-7(6-13-8)9(11)12-2/h7-8,10H,3-6H2,1-2H3/t7-,8-/m0/s1. The predicted octanol–water partition coefficient (Wildman–Crippen LogP) is 1.38. The highest BCUT2D eigenvalue weighted by molar-refractivity contribution is 8.00. The molecule has 1 heterocycles. The molecule has 1 aliphatic rings. The van der Waals surface area contributed by atoms with Crippen molar-refractivity contribution in [1.29, 1.82) is 0 Å². The molecule has 0 aromatic heterocycles. The van der Waals surface area contributed by atoms with E-state index in [4.69, 9.17) is 0 Å². The van der Waals surface area contributed by atoms with Crippen LogP contribution in [0.3, 0.4) is 0 Å². The Morgan fingerprint density at radius 3 is 3.08 bits per heavy atom. The number of carbonyl (C=O) groups excluding carboxylic acids is 1. The molecular formula is C9H17NO2S. The predicted molar refractivity (Wildman–Crippen MR) is 54.7 cm³/mol. The van der Waals surface area contributed by atoms with Gasteiger partial charge in [-0.2, -0.15) is 0 Å². The summed E-state index contributed by atoms with van der Waals surface area (Å²) in [6.45, 7) is 2.18. The number of hydrogen-bond donors (Lipinski definition) is 1. The molecule has 0 radical (unpaired) electrons. The van der Waals surface area contributed by atoms with Gasteiger partial charge in [0.1, 0.15) is 6.04 Å². The third kappa shape index (κ3) is 3.19. The maximum atomic E-state index is 11.1. The SMILES string of the molecule is CCCC[C@H]1N[C@H](C(=O)OC)CS1. The summed E-state index contributed by atoms with van der Waals surface area (Å²) in [5.74, 6) is 0.715. The number of carbonyl (C=O) groups is 1. The van der Waals surface area contributed by atoms with Crippen molar-refractivity contribution >= 4 is 17.7 Å². The highest BCUT2D eigenvalue weighted by Gasteiger charge is 2.29. The summed E-state index contributed by atoms with van der Waals surface area (Å²) >= 11 is 1.82. The molecule has 4 heteroatoms. The molecular weight excluding hydrogens is 186 g/mol. The number of rotatable bonds is 4. The van der Waals surface area contributed by atoms with Gasteiger partial charge in [0.15, 0.2) is 0 Å². The topological polar surface area (TPSA) is 38.3 Å². The van der Waals surface area contributed by atoms with E-state index >= 15 is 0 Å². The monoisotopic (exact) mass is 203 g/mol. The molecule has 1 aliphatic heterocycles. The lowest BCUT2D eigenvalue weighted by Crippen LogP contribution is -2.37. The van der Waals surface area contributed by atoms with Gasteiger partial charge in [-0.05, 0) is 6.42 Å². The van der Waals surface area contributed by atoms with E-state index in [1.165, 1.54) is 20.0 Å². The van der Waals surface area contributed by atoms with E-state index in [1.807, 2.05) is 11.8 Å². The molecule has 0 bridgehead atoms.